The molecule has 6 nitrogen and oxygen atoms in total. The molecule has 124 valence electrons. The molecule has 0 aromatic carbocycles. The Morgan fingerprint density at radius 2 is 2.35 bits per heavy atom. The zero-order valence-electron chi connectivity index (χ0n) is 13.3. The van der Waals surface area contributed by atoms with Crippen molar-refractivity contribution in [3.63, 3.8) is 0 Å². The van der Waals surface area contributed by atoms with Crippen LogP contribution in [-0.2, 0) is 22.6 Å². The fourth-order valence-corrected chi connectivity index (χ4v) is 3.61. The predicted octanol–water partition coefficient (Wildman–Crippen LogP) is 1.93. The first-order chi connectivity index (χ1) is 11.3. The van der Waals surface area contributed by atoms with E-state index in [1.165, 1.54) is 0 Å². The van der Waals surface area contributed by atoms with Gasteiger partial charge in [0.1, 0.15) is 11.4 Å². The second-order valence-corrected chi connectivity index (χ2v) is 6.53. The van der Waals surface area contributed by atoms with Crippen molar-refractivity contribution in [3.8, 4) is 0 Å². The molecular formula is C17H23N3O3. The van der Waals surface area contributed by atoms with Gasteiger partial charge in [0.15, 0.2) is 0 Å². The van der Waals surface area contributed by atoms with Crippen LogP contribution in [0, 0.1) is 0 Å². The highest BCUT2D eigenvalue weighted by Gasteiger charge is 2.43. The molecule has 0 N–H and O–H groups in total. The third-order valence-corrected chi connectivity index (χ3v) is 4.68. The van der Waals surface area contributed by atoms with E-state index < -0.39 is 0 Å². The molecule has 0 radical (unpaired) electrons. The molecular weight excluding hydrogens is 294 g/mol. The van der Waals surface area contributed by atoms with E-state index >= 15 is 0 Å². The van der Waals surface area contributed by atoms with E-state index in [1.54, 1.807) is 6.26 Å². The third kappa shape index (κ3) is 3.49. The first-order valence-corrected chi connectivity index (χ1v) is 8.29. The van der Waals surface area contributed by atoms with Crippen molar-refractivity contribution < 1.29 is 13.9 Å². The van der Waals surface area contributed by atoms with E-state index in [0.29, 0.717) is 6.61 Å². The Morgan fingerprint density at radius 3 is 3.17 bits per heavy atom. The summed E-state index contributed by atoms with van der Waals surface area (Å²) in [5.41, 5.74) is -0.194. The Morgan fingerprint density at radius 1 is 1.35 bits per heavy atom. The molecule has 2 aromatic heterocycles. The second kappa shape index (κ2) is 6.47. The molecule has 2 aliphatic rings. The molecule has 0 unspecified atom stereocenters. The summed E-state index contributed by atoms with van der Waals surface area (Å²) in [6.07, 6.45) is 7.82. The van der Waals surface area contributed by atoms with Crippen LogP contribution in [0.5, 0.6) is 0 Å². The van der Waals surface area contributed by atoms with Crippen molar-refractivity contribution in [1.29, 1.82) is 0 Å². The number of nitrogens with zero attached hydrogens (tertiary/aromatic N) is 3. The number of furan rings is 1. The lowest BCUT2D eigenvalue weighted by Gasteiger charge is -2.31. The van der Waals surface area contributed by atoms with Gasteiger partial charge >= 0.3 is 0 Å². The van der Waals surface area contributed by atoms with Gasteiger partial charge in [0.2, 0.25) is 0 Å². The standard InChI is InChI=1S/C17H23N3O3/c1-3-15(22-9-1)11-19-8-10-21-14-17(13-19)5-4-16(23-17)12-20-7-2-6-18-20/h1-3,6-7,9,16H,4-5,8,10-14H2/t16-,17+/m1/s1. The van der Waals surface area contributed by atoms with Gasteiger partial charge in [-0.3, -0.25) is 9.58 Å². The minimum atomic E-state index is -0.194. The quantitative estimate of drug-likeness (QED) is 0.862. The summed E-state index contributed by atoms with van der Waals surface area (Å²) < 4.78 is 19.7. The first kappa shape index (κ1) is 14.9. The van der Waals surface area contributed by atoms with Gasteiger partial charge in [0, 0.05) is 25.5 Å². The zero-order chi connectivity index (χ0) is 15.5. The molecule has 2 fully saturated rings. The lowest BCUT2D eigenvalue weighted by atomic mass is 10.00. The third-order valence-electron chi connectivity index (χ3n) is 4.68. The van der Waals surface area contributed by atoms with Gasteiger partial charge in [-0.1, -0.05) is 0 Å². The topological polar surface area (TPSA) is 52.7 Å². The van der Waals surface area contributed by atoms with Crippen LogP contribution in [0.25, 0.3) is 0 Å². The molecule has 2 aromatic rings. The van der Waals surface area contributed by atoms with Crippen LogP contribution in [0.2, 0.25) is 0 Å². The number of hydrogen-bond donors (Lipinski definition) is 0. The Labute approximate surface area is 136 Å². The SMILES string of the molecule is c1coc(CN2CCOC[C@]3(CC[C@H](Cn4cccn4)O3)C2)c1. The Hall–Kier alpha value is -1.63. The molecule has 2 aliphatic heterocycles. The molecule has 0 bridgehead atoms. The molecule has 0 saturated carbocycles. The summed E-state index contributed by atoms with van der Waals surface area (Å²) in [6, 6.07) is 5.91. The molecule has 1 spiro atoms. The summed E-state index contributed by atoms with van der Waals surface area (Å²) in [6.45, 7) is 4.85. The molecule has 23 heavy (non-hydrogen) atoms. The molecule has 0 aliphatic carbocycles. The van der Waals surface area contributed by atoms with Crippen molar-refractivity contribution in [2.45, 2.75) is 37.6 Å². The normalized spacial score (nSPS) is 29.1. The second-order valence-electron chi connectivity index (χ2n) is 6.53. The van der Waals surface area contributed by atoms with E-state index in [2.05, 4.69) is 10.00 Å². The smallest absolute Gasteiger partial charge is 0.117 e. The molecule has 6 heteroatoms. The minimum Gasteiger partial charge on any atom is -0.468 e. The molecule has 0 amide bonds. The largest absolute Gasteiger partial charge is 0.468 e. The van der Waals surface area contributed by atoms with E-state index in [-0.39, 0.29) is 11.7 Å². The summed E-state index contributed by atoms with van der Waals surface area (Å²) >= 11 is 0. The van der Waals surface area contributed by atoms with Crippen LogP contribution in [0.4, 0.5) is 0 Å². The van der Waals surface area contributed by atoms with Crippen molar-refractivity contribution in [1.82, 2.24) is 14.7 Å². The average Bonchev–Trinajstić information content (AvgIpc) is 3.25. The van der Waals surface area contributed by atoms with Gasteiger partial charge in [-0.25, -0.2) is 0 Å². The fourth-order valence-electron chi connectivity index (χ4n) is 3.61. The fraction of sp³-hybridized carbons (Fsp3) is 0.588. The Balaban J connectivity index is 1.40. The Kier molecular flexibility index (Phi) is 4.20. The van der Waals surface area contributed by atoms with Gasteiger partial charge in [-0.15, -0.1) is 0 Å². The van der Waals surface area contributed by atoms with Crippen LogP contribution >= 0.6 is 0 Å². The van der Waals surface area contributed by atoms with E-state index in [9.17, 15) is 0 Å². The van der Waals surface area contributed by atoms with Gasteiger partial charge in [-0.2, -0.15) is 5.10 Å². The van der Waals surface area contributed by atoms with Gasteiger partial charge < -0.3 is 13.9 Å². The van der Waals surface area contributed by atoms with Crippen molar-refractivity contribution in [2.75, 3.05) is 26.3 Å². The van der Waals surface area contributed by atoms with Crippen molar-refractivity contribution in [3.05, 3.63) is 42.6 Å². The first-order valence-electron chi connectivity index (χ1n) is 8.29. The molecule has 4 rings (SSSR count). The highest BCUT2D eigenvalue weighted by atomic mass is 16.6. The number of hydrogen-bond acceptors (Lipinski definition) is 5. The van der Waals surface area contributed by atoms with Gasteiger partial charge in [0.25, 0.3) is 0 Å². The zero-order valence-corrected chi connectivity index (χ0v) is 13.3. The predicted molar refractivity (Wildman–Crippen MR) is 83.9 cm³/mol. The van der Waals surface area contributed by atoms with Crippen molar-refractivity contribution >= 4 is 0 Å². The van der Waals surface area contributed by atoms with Gasteiger partial charge in [0.05, 0.1) is 38.7 Å². The van der Waals surface area contributed by atoms with Gasteiger partial charge in [-0.05, 0) is 31.0 Å². The lowest BCUT2D eigenvalue weighted by molar-refractivity contribution is -0.0907. The highest BCUT2D eigenvalue weighted by molar-refractivity contribution is 5.00. The summed E-state index contributed by atoms with van der Waals surface area (Å²) in [5.74, 6) is 0.994. The monoisotopic (exact) mass is 317 g/mol. The maximum Gasteiger partial charge on any atom is 0.117 e. The minimum absolute atomic E-state index is 0.194. The van der Waals surface area contributed by atoms with E-state index in [1.807, 2.05) is 35.3 Å². The van der Waals surface area contributed by atoms with Crippen LogP contribution in [0.3, 0.4) is 0 Å². The number of rotatable bonds is 4. The number of aromatic nitrogens is 2. The maximum absolute atomic E-state index is 6.43. The molecule has 2 atom stereocenters. The average molecular weight is 317 g/mol. The van der Waals surface area contributed by atoms with E-state index in [0.717, 1.165) is 51.4 Å². The summed E-state index contributed by atoms with van der Waals surface area (Å²) in [5, 5.41) is 4.28. The molecule has 2 saturated heterocycles. The van der Waals surface area contributed by atoms with Crippen molar-refractivity contribution in [2.24, 2.45) is 0 Å². The van der Waals surface area contributed by atoms with Crippen LogP contribution in [0.1, 0.15) is 18.6 Å². The number of ether oxygens (including phenoxy) is 2. The van der Waals surface area contributed by atoms with Crippen LogP contribution in [-0.4, -0.2) is 52.7 Å². The van der Waals surface area contributed by atoms with Crippen LogP contribution < -0.4 is 0 Å². The molecule has 4 heterocycles. The summed E-state index contributed by atoms with van der Waals surface area (Å²) in [7, 11) is 0. The van der Waals surface area contributed by atoms with E-state index in [4.69, 9.17) is 13.9 Å². The Bertz CT molecular complexity index is 599. The summed E-state index contributed by atoms with van der Waals surface area (Å²) in [4.78, 5) is 2.38. The highest BCUT2D eigenvalue weighted by Crippen LogP contribution is 2.34. The lowest BCUT2D eigenvalue weighted by Crippen LogP contribution is -2.44. The van der Waals surface area contributed by atoms with Crippen LogP contribution in [0.15, 0.2) is 41.3 Å². The maximum atomic E-state index is 6.43.